The maximum absolute atomic E-state index is 5.98. The van der Waals surface area contributed by atoms with Crippen LogP contribution in [0.1, 0.15) is 46.0 Å². The zero-order valence-electron chi connectivity index (χ0n) is 9.84. The molecule has 84 valence electrons. The molecular weight excluding hydrogens is 172 g/mol. The Labute approximate surface area is 88.8 Å². The van der Waals surface area contributed by atoms with E-state index >= 15 is 0 Å². The van der Waals surface area contributed by atoms with Gasteiger partial charge in [0, 0.05) is 12.6 Å². The van der Waals surface area contributed by atoms with Crippen LogP contribution in [0.25, 0.3) is 0 Å². The maximum atomic E-state index is 5.98. The Hall–Kier alpha value is -0.0800. The number of likely N-dealkylation sites (tertiary alicyclic amines) is 1. The number of nitrogens with two attached hydrogens (primary N) is 1. The van der Waals surface area contributed by atoms with E-state index in [-0.39, 0.29) is 0 Å². The molecule has 0 saturated carbocycles. The Balaban J connectivity index is 2.27. The first kappa shape index (κ1) is 12.0. The standard InChI is InChI=1S/C12H26N2/c1-3-11-6-5-8-14(9-7-11)10-12(13)4-2/h11-12H,3-10,13H2,1-2H3/t11?,12-/m0/s1. The molecule has 2 N–H and O–H groups in total. The van der Waals surface area contributed by atoms with Gasteiger partial charge >= 0.3 is 0 Å². The SMILES string of the molecule is CCC1CCCN(C[C@@H](N)CC)CC1. The molecule has 2 atom stereocenters. The predicted octanol–water partition coefficient (Wildman–Crippen LogP) is 2.24. The zero-order chi connectivity index (χ0) is 10.4. The lowest BCUT2D eigenvalue weighted by Gasteiger charge is -2.23. The van der Waals surface area contributed by atoms with Crippen molar-refractivity contribution in [1.82, 2.24) is 4.90 Å². The summed E-state index contributed by atoms with van der Waals surface area (Å²) in [6.45, 7) is 8.14. The molecule has 1 aliphatic heterocycles. The molecule has 2 nitrogen and oxygen atoms in total. The second-order valence-corrected chi connectivity index (χ2v) is 4.67. The van der Waals surface area contributed by atoms with E-state index in [1.165, 1.54) is 38.8 Å². The normalized spacial score (nSPS) is 27.2. The van der Waals surface area contributed by atoms with Crippen LogP contribution in [0.15, 0.2) is 0 Å². The van der Waals surface area contributed by atoms with Crippen molar-refractivity contribution in [2.45, 2.75) is 52.0 Å². The van der Waals surface area contributed by atoms with Gasteiger partial charge in [-0.2, -0.15) is 0 Å². The van der Waals surface area contributed by atoms with Gasteiger partial charge in [-0.3, -0.25) is 0 Å². The molecule has 1 saturated heterocycles. The predicted molar refractivity (Wildman–Crippen MR) is 62.3 cm³/mol. The summed E-state index contributed by atoms with van der Waals surface area (Å²) in [6, 6.07) is 0.383. The van der Waals surface area contributed by atoms with Gasteiger partial charge in [0.05, 0.1) is 0 Å². The third kappa shape index (κ3) is 3.97. The Morgan fingerprint density at radius 2 is 2.07 bits per heavy atom. The van der Waals surface area contributed by atoms with E-state index in [1.54, 1.807) is 0 Å². The average Bonchev–Trinajstić information content (AvgIpc) is 2.43. The van der Waals surface area contributed by atoms with Crippen molar-refractivity contribution in [3.63, 3.8) is 0 Å². The van der Waals surface area contributed by atoms with Crippen molar-refractivity contribution in [3.8, 4) is 0 Å². The van der Waals surface area contributed by atoms with E-state index in [4.69, 9.17) is 5.73 Å². The quantitative estimate of drug-likeness (QED) is 0.750. The molecule has 0 aliphatic carbocycles. The highest BCUT2D eigenvalue weighted by Crippen LogP contribution is 2.20. The summed E-state index contributed by atoms with van der Waals surface area (Å²) < 4.78 is 0. The van der Waals surface area contributed by atoms with Crippen LogP contribution < -0.4 is 5.73 Å². The van der Waals surface area contributed by atoms with E-state index in [2.05, 4.69) is 18.7 Å². The molecule has 14 heavy (non-hydrogen) atoms. The van der Waals surface area contributed by atoms with Crippen LogP contribution in [0.4, 0.5) is 0 Å². The van der Waals surface area contributed by atoms with Gasteiger partial charge in [0.2, 0.25) is 0 Å². The van der Waals surface area contributed by atoms with E-state index in [0.29, 0.717) is 6.04 Å². The first-order valence-corrected chi connectivity index (χ1v) is 6.24. The van der Waals surface area contributed by atoms with Crippen LogP contribution in [-0.2, 0) is 0 Å². The molecule has 0 spiro atoms. The Bertz CT molecular complexity index is 147. The fourth-order valence-corrected chi connectivity index (χ4v) is 2.28. The summed E-state index contributed by atoms with van der Waals surface area (Å²) in [6.07, 6.45) is 6.64. The molecule has 2 heteroatoms. The molecular formula is C12H26N2. The van der Waals surface area contributed by atoms with E-state index < -0.39 is 0 Å². The van der Waals surface area contributed by atoms with Gasteiger partial charge in [-0.1, -0.05) is 20.3 Å². The van der Waals surface area contributed by atoms with Gasteiger partial charge in [-0.15, -0.1) is 0 Å². The molecule has 1 unspecified atom stereocenters. The molecule has 0 bridgehead atoms. The third-order valence-electron chi connectivity index (χ3n) is 3.53. The van der Waals surface area contributed by atoms with E-state index in [0.717, 1.165) is 18.9 Å². The second kappa shape index (κ2) is 6.41. The van der Waals surface area contributed by atoms with Crippen molar-refractivity contribution in [2.75, 3.05) is 19.6 Å². The number of rotatable bonds is 4. The summed E-state index contributed by atoms with van der Waals surface area (Å²) >= 11 is 0. The molecule has 0 aromatic heterocycles. The topological polar surface area (TPSA) is 29.3 Å². The van der Waals surface area contributed by atoms with E-state index in [9.17, 15) is 0 Å². The number of hydrogen-bond acceptors (Lipinski definition) is 2. The first-order chi connectivity index (χ1) is 6.76. The Kier molecular flexibility index (Phi) is 5.49. The fraction of sp³-hybridized carbons (Fsp3) is 1.00. The van der Waals surface area contributed by atoms with Gasteiger partial charge in [0.1, 0.15) is 0 Å². The number of hydrogen-bond donors (Lipinski definition) is 1. The Morgan fingerprint density at radius 1 is 1.29 bits per heavy atom. The lowest BCUT2D eigenvalue weighted by molar-refractivity contribution is 0.260. The third-order valence-corrected chi connectivity index (χ3v) is 3.53. The zero-order valence-corrected chi connectivity index (χ0v) is 9.84. The summed E-state index contributed by atoms with van der Waals surface area (Å²) in [7, 11) is 0. The van der Waals surface area contributed by atoms with Gasteiger partial charge in [-0.05, 0) is 44.7 Å². The van der Waals surface area contributed by atoms with Crippen LogP contribution in [-0.4, -0.2) is 30.6 Å². The molecule has 1 fully saturated rings. The smallest absolute Gasteiger partial charge is 0.0165 e. The van der Waals surface area contributed by atoms with Crippen molar-refractivity contribution in [1.29, 1.82) is 0 Å². The maximum Gasteiger partial charge on any atom is 0.0165 e. The summed E-state index contributed by atoms with van der Waals surface area (Å²) in [5.41, 5.74) is 5.98. The molecule has 0 aromatic carbocycles. The molecule has 1 rings (SSSR count). The Morgan fingerprint density at radius 3 is 2.71 bits per heavy atom. The highest BCUT2D eigenvalue weighted by molar-refractivity contribution is 4.72. The van der Waals surface area contributed by atoms with Crippen LogP contribution in [0.3, 0.4) is 0 Å². The van der Waals surface area contributed by atoms with E-state index in [1.807, 2.05) is 0 Å². The van der Waals surface area contributed by atoms with Crippen molar-refractivity contribution in [2.24, 2.45) is 11.7 Å². The monoisotopic (exact) mass is 198 g/mol. The van der Waals surface area contributed by atoms with Crippen molar-refractivity contribution < 1.29 is 0 Å². The highest BCUT2D eigenvalue weighted by Gasteiger charge is 2.16. The summed E-state index contributed by atoms with van der Waals surface area (Å²) in [5.74, 6) is 0.970. The van der Waals surface area contributed by atoms with Gasteiger partial charge in [0.15, 0.2) is 0 Å². The molecule has 0 aromatic rings. The molecule has 1 aliphatic rings. The molecule has 0 amide bonds. The van der Waals surface area contributed by atoms with Crippen LogP contribution in [0, 0.1) is 5.92 Å². The summed E-state index contributed by atoms with van der Waals surface area (Å²) in [5, 5.41) is 0. The molecule has 1 heterocycles. The van der Waals surface area contributed by atoms with Gasteiger partial charge in [0.25, 0.3) is 0 Å². The van der Waals surface area contributed by atoms with Crippen molar-refractivity contribution >= 4 is 0 Å². The lowest BCUT2D eigenvalue weighted by atomic mass is 9.98. The first-order valence-electron chi connectivity index (χ1n) is 6.24. The highest BCUT2D eigenvalue weighted by atomic mass is 15.1. The van der Waals surface area contributed by atoms with Crippen LogP contribution in [0.5, 0.6) is 0 Å². The van der Waals surface area contributed by atoms with Gasteiger partial charge < -0.3 is 10.6 Å². The minimum absolute atomic E-state index is 0.383. The fourth-order valence-electron chi connectivity index (χ4n) is 2.28. The lowest BCUT2D eigenvalue weighted by Crippen LogP contribution is -2.37. The second-order valence-electron chi connectivity index (χ2n) is 4.67. The van der Waals surface area contributed by atoms with Gasteiger partial charge in [-0.25, -0.2) is 0 Å². The minimum atomic E-state index is 0.383. The average molecular weight is 198 g/mol. The summed E-state index contributed by atoms with van der Waals surface area (Å²) in [4.78, 5) is 2.56. The van der Waals surface area contributed by atoms with Crippen molar-refractivity contribution in [3.05, 3.63) is 0 Å². The van der Waals surface area contributed by atoms with Crippen LogP contribution in [0.2, 0.25) is 0 Å². The molecule has 0 radical (unpaired) electrons. The number of nitrogens with zero attached hydrogens (tertiary/aromatic N) is 1. The van der Waals surface area contributed by atoms with Crippen LogP contribution >= 0.6 is 0 Å². The largest absolute Gasteiger partial charge is 0.327 e. The minimum Gasteiger partial charge on any atom is -0.327 e.